The molecule has 0 amide bonds. The minimum Gasteiger partial charge on any atom is -0.330 e. The Bertz CT molecular complexity index is 511. The van der Waals surface area contributed by atoms with Crippen LogP contribution in [0.3, 0.4) is 0 Å². The molecule has 1 unspecified atom stereocenters. The lowest BCUT2D eigenvalue weighted by Gasteiger charge is -2.17. The van der Waals surface area contributed by atoms with E-state index in [1.165, 1.54) is 5.56 Å². The highest BCUT2D eigenvalue weighted by molar-refractivity contribution is 6.42. The fourth-order valence-corrected chi connectivity index (χ4v) is 2.41. The summed E-state index contributed by atoms with van der Waals surface area (Å²) in [5.74, 6) is 0.269. The quantitative estimate of drug-likeness (QED) is 0.878. The van der Waals surface area contributed by atoms with Crippen LogP contribution in [0.1, 0.15) is 23.5 Å². The molecule has 94 valence electrons. The first-order valence-corrected chi connectivity index (χ1v) is 6.68. The Hall–Kier alpha value is -1.02. The first-order chi connectivity index (χ1) is 8.72. The second-order valence-electron chi connectivity index (χ2n) is 4.21. The topological polar surface area (TPSA) is 26.0 Å². The van der Waals surface area contributed by atoms with E-state index in [1.54, 1.807) is 0 Å². The van der Waals surface area contributed by atoms with Crippen molar-refractivity contribution >= 4 is 23.2 Å². The van der Waals surface area contributed by atoms with E-state index >= 15 is 0 Å². The molecule has 0 saturated heterocycles. The van der Waals surface area contributed by atoms with Crippen LogP contribution < -0.4 is 5.73 Å². The Kier molecular flexibility index (Phi) is 4.65. The molecule has 0 bridgehead atoms. The molecule has 0 heterocycles. The Morgan fingerprint density at radius 1 is 0.889 bits per heavy atom. The van der Waals surface area contributed by atoms with Crippen molar-refractivity contribution in [1.29, 1.82) is 0 Å². The van der Waals surface area contributed by atoms with Gasteiger partial charge in [-0.2, -0.15) is 0 Å². The van der Waals surface area contributed by atoms with Gasteiger partial charge in [-0.3, -0.25) is 0 Å². The van der Waals surface area contributed by atoms with E-state index in [1.807, 2.05) is 36.4 Å². The molecule has 2 aromatic rings. The van der Waals surface area contributed by atoms with Crippen molar-refractivity contribution in [2.45, 2.75) is 12.3 Å². The lowest BCUT2D eigenvalue weighted by molar-refractivity contribution is 0.726. The van der Waals surface area contributed by atoms with Crippen LogP contribution in [0.2, 0.25) is 10.0 Å². The van der Waals surface area contributed by atoms with Crippen LogP contribution in [0.5, 0.6) is 0 Å². The van der Waals surface area contributed by atoms with Gasteiger partial charge in [0, 0.05) is 5.92 Å². The molecule has 2 rings (SSSR count). The summed E-state index contributed by atoms with van der Waals surface area (Å²) >= 11 is 12.0. The van der Waals surface area contributed by atoms with Crippen LogP contribution in [-0.2, 0) is 0 Å². The highest BCUT2D eigenvalue weighted by atomic mass is 35.5. The molecule has 3 heteroatoms. The average Bonchev–Trinajstić information content (AvgIpc) is 2.40. The van der Waals surface area contributed by atoms with E-state index in [9.17, 15) is 0 Å². The highest BCUT2D eigenvalue weighted by Gasteiger charge is 2.14. The molecule has 0 fully saturated rings. The summed E-state index contributed by atoms with van der Waals surface area (Å²) in [6.07, 6.45) is 0.891. The van der Waals surface area contributed by atoms with Gasteiger partial charge in [0.1, 0.15) is 0 Å². The molecule has 0 saturated carbocycles. The molecule has 2 aromatic carbocycles. The van der Waals surface area contributed by atoms with Crippen LogP contribution in [0.15, 0.2) is 48.5 Å². The van der Waals surface area contributed by atoms with Gasteiger partial charge in [0.05, 0.1) is 10.0 Å². The number of halogens is 2. The van der Waals surface area contributed by atoms with Crippen LogP contribution in [-0.4, -0.2) is 6.54 Å². The SMILES string of the molecule is NCCC(c1ccccc1)c1ccc(Cl)c(Cl)c1. The predicted octanol–water partition coefficient (Wildman–Crippen LogP) is 4.47. The van der Waals surface area contributed by atoms with Crippen LogP contribution in [0.4, 0.5) is 0 Å². The van der Waals surface area contributed by atoms with Gasteiger partial charge in [-0.25, -0.2) is 0 Å². The van der Waals surface area contributed by atoms with Crippen molar-refractivity contribution in [3.8, 4) is 0 Å². The van der Waals surface area contributed by atoms with Gasteiger partial charge >= 0.3 is 0 Å². The number of hydrogen-bond donors (Lipinski definition) is 1. The molecular weight excluding hydrogens is 265 g/mol. The van der Waals surface area contributed by atoms with Crippen molar-refractivity contribution in [3.63, 3.8) is 0 Å². The molecule has 18 heavy (non-hydrogen) atoms. The predicted molar refractivity (Wildman–Crippen MR) is 78.4 cm³/mol. The van der Waals surface area contributed by atoms with Gasteiger partial charge in [0.25, 0.3) is 0 Å². The first kappa shape index (κ1) is 13.4. The molecule has 0 spiro atoms. The molecule has 0 aliphatic carbocycles. The van der Waals surface area contributed by atoms with Gasteiger partial charge in [-0.05, 0) is 36.2 Å². The number of benzene rings is 2. The third-order valence-corrected chi connectivity index (χ3v) is 3.74. The minimum atomic E-state index is 0.269. The summed E-state index contributed by atoms with van der Waals surface area (Å²) in [4.78, 5) is 0. The van der Waals surface area contributed by atoms with E-state index in [0.717, 1.165) is 12.0 Å². The highest BCUT2D eigenvalue weighted by Crippen LogP contribution is 2.31. The molecule has 0 aromatic heterocycles. The van der Waals surface area contributed by atoms with Crippen molar-refractivity contribution in [2.75, 3.05) is 6.54 Å². The normalized spacial score (nSPS) is 12.4. The van der Waals surface area contributed by atoms with Gasteiger partial charge in [0.2, 0.25) is 0 Å². The molecule has 0 aliphatic heterocycles. The lowest BCUT2D eigenvalue weighted by atomic mass is 9.89. The second kappa shape index (κ2) is 6.24. The maximum atomic E-state index is 6.08. The molecule has 1 atom stereocenters. The molecule has 0 aliphatic rings. The van der Waals surface area contributed by atoms with Crippen molar-refractivity contribution in [2.24, 2.45) is 5.73 Å². The lowest BCUT2D eigenvalue weighted by Crippen LogP contribution is -2.08. The Balaban J connectivity index is 2.38. The Labute approximate surface area is 118 Å². The number of rotatable bonds is 4. The van der Waals surface area contributed by atoms with Crippen LogP contribution in [0.25, 0.3) is 0 Å². The fraction of sp³-hybridized carbons (Fsp3) is 0.200. The fourth-order valence-electron chi connectivity index (χ4n) is 2.11. The van der Waals surface area contributed by atoms with E-state index in [0.29, 0.717) is 16.6 Å². The molecular formula is C15H15Cl2N. The zero-order valence-electron chi connectivity index (χ0n) is 9.94. The summed E-state index contributed by atoms with van der Waals surface area (Å²) in [6, 6.07) is 16.1. The maximum Gasteiger partial charge on any atom is 0.0595 e. The third-order valence-electron chi connectivity index (χ3n) is 3.00. The van der Waals surface area contributed by atoms with Crippen molar-refractivity contribution in [3.05, 3.63) is 69.7 Å². The second-order valence-corrected chi connectivity index (χ2v) is 5.03. The Morgan fingerprint density at radius 3 is 2.22 bits per heavy atom. The number of nitrogens with two attached hydrogens (primary N) is 1. The molecule has 1 nitrogen and oxygen atoms in total. The van der Waals surface area contributed by atoms with Crippen molar-refractivity contribution < 1.29 is 0 Å². The van der Waals surface area contributed by atoms with Crippen LogP contribution in [0, 0.1) is 0 Å². The summed E-state index contributed by atoms with van der Waals surface area (Å²) in [5.41, 5.74) is 8.12. The average molecular weight is 280 g/mol. The third kappa shape index (κ3) is 3.05. The van der Waals surface area contributed by atoms with E-state index < -0.39 is 0 Å². The largest absolute Gasteiger partial charge is 0.330 e. The standard InChI is InChI=1S/C15H15Cl2N/c16-14-7-6-12(10-15(14)17)13(8-9-18)11-4-2-1-3-5-11/h1-7,10,13H,8-9,18H2. The zero-order valence-corrected chi connectivity index (χ0v) is 11.5. The molecule has 2 N–H and O–H groups in total. The Morgan fingerprint density at radius 2 is 1.61 bits per heavy atom. The van der Waals surface area contributed by atoms with E-state index in [4.69, 9.17) is 28.9 Å². The van der Waals surface area contributed by atoms with Gasteiger partial charge in [-0.1, -0.05) is 59.6 Å². The van der Waals surface area contributed by atoms with E-state index in [2.05, 4.69) is 12.1 Å². The first-order valence-electron chi connectivity index (χ1n) is 5.92. The summed E-state index contributed by atoms with van der Waals surface area (Å²) < 4.78 is 0. The smallest absolute Gasteiger partial charge is 0.0595 e. The molecule has 0 radical (unpaired) electrons. The van der Waals surface area contributed by atoms with Gasteiger partial charge in [0.15, 0.2) is 0 Å². The number of hydrogen-bond acceptors (Lipinski definition) is 1. The summed E-state index contributed by atoms with van der Waals surface area (Å²) in [6.45, 7) is 0.639. The zero-order chi connectivity index (χ0) is 13.0. The summed E-state index contributed by atoms with van der Waals surface area (Å²) in [7, 11) is 0. The monoisotopic (exact) mass is 279 g/mol. The minimum absolute atomic E-state index is 0.269. The van der Waals surface area contributed by atoms with E-state index in [-0.39, 0.29) is 5.92 Å². The van der Waals surface area contributed by atoms with Gasteiger partial charge in [-0.15, -0.1) is 0 Å². The van der Waals surface area contributed by atoms with Crippen LogP contribution >= 0.6 is 23.2 Å². The van der Waals surface area contributed by atoms with Gasteiger partial charge < -0.3 is 5.73 Å². The summed E-state index contributed by atoms with van der Waals surface area (Å²) in [5, 5.41) is 1.17. The maximum absolute atomic E-state index is 6.08. The van der Waals surface area contributed by atoms with Crippen molar-refractivity contribution in [1.82, 2.24) is 0 Å².